The Bertz CT molecular complexity index is 232. The first-order valence-electron chi connectivity index (χ1n) is 5.54. The summed E-state index contributed by atoms with van der Waals surface area (Å²) in [7, 11) is 0. The normalized spacial score (nSPS) is 28.3. The van der Waals surface area contributed by atoms with Gasteiger partial charge in [-0.15, -0.1) is 0 Å². The maximum absolute atomic E-state index is 2.48. The zero-order chi connectivity index (χ0) is 9.90. The quantitative estimate of drug-likeness (QED) is 0.597. The first-order valence-corrected chi connectivity index (χ1v) is 5.54. The number of allylic oxidation sites excluding steroid dienone is 4. The first kappa shape index (κ1) is 10.6. The zero-order valence-corrected chi connectivity index (χ0v) is 9.48. The van der Waals surface area contributed by atoms with Crippen LogP contribution in [0.1, 0.15) is 53.4 Å². The van der Waals surface area contributed by atoms with Gasteiger partial charge in [0.25, 0.3) is 0 Å². The van der Waals surface area contributed by atoms with Crippen molar-refractivity contribution >= 4 is 0 Å². The molecule has 74 valence electrons. The maximum atomic E-state index is 2.48. The van der Waals surface area contributed by atoms with E-state index >= 15 is 0 Å². The van der Waals surface area contributed by atoms with Gasteiger partial charge < -0.3 is 0 Å². The highest BCUT2D eigenvalue weighted by Crippen LogP contribution is 2.38. The lowest BCUT2D eigenvalue weighted by atomic mass is 9.75. The average molecular weight is 178 g/mol. The first-order chi connectivity index (χ1) is 6.13. The lowest BCUT2D eigenvalue weighted by Gasteiger charge is -2.30. The Hall–Kier alpha value is -0.520. The lowest BCUT2D eigenvalue weighted by Crippen LogP contribution is -2.16. The Morgan fingerprint density at radius 3 is 2.38 bits per heavy atom. The SMILES string of the molecule is CCC1=CC(C)(CC)CC(CC)=C1. The molecular weight excluding hydrogens is 156 g/mol. The fourth-order valence-corrected chi connectivity index (χ4v) is 2.03. The molecular formula is C13H22. The van der Waals surface area contributed by atoms with Crippen LogP contribution in [0.25, 0.3) is 0 Å². The van der Waals surface area contributed by atoms with E-state index in [0.717, 1.165) is 0 Å². The van der Waals surface area contributed by atoms with E-state index in [1.807, 2.05) is 0 Å². The number of hydrogen-bond donors (Lipinski definition) is 0. The maximum Gasteiger partial charge on any atom is -0.0106 e. The summed E-state index contributed by atoms with van der Waals surface area (Å²) in [6, 6.07) is 0. The Morgan fingerprint density at radius 2 is 1.92 bits per heavy atom. The lowest BCUT2D eigenvalue weighted by molar-refractivity contribution is 0.394. The zero-order valence-electron chi connectivity index (χ0n) is 9.48. The van der Waals surface area contributed by atoms with Gasteiger partial charge in [-0.05, 0) is 31.1 Å². The Balaban J connectivity index is 2.88. The molecule has 13 heavy (non-hydrogen) atoms. The largest absolute Gasteiger partial charge is 0.0751 e. The van der Waals surface area contributed by atoms with Crippen LogP contribution in [-0.4, -0.2) is 0 Å². The molecule has 0 aromatic carbocycles. The van der Waals surface area contributed by atoms with Crippen molar-refractivity contribution in [3.8, 4) is 0 Å². The van der Waals surface area contributed by atoms with Crippen molar-refractivity contribution in [2.24, 2.45) is 5.41 Å². The fourth-order valence-electron chi connectivity index (χ4n) is 2.03. The van der Waals surface area contributed by atoms with Crippen LogP contribution in [0.3, 0.4) is 0 Å². The van der Waals surface area contributed by atoms with Gasteiger partial charge in [0.1, 0.15) is 0 Å². The summed E-state index contributed by atoms with van der Waals surface area (Å²) in [5.41, 5.74) is 3.60. The van der Waals surface area contributed by atoms with Gasteiger partial charge in [0.15, 0.2) is 0 Å². The minimum Gasteiger partial charge on any atom is -0.0751 e. The second-order valence-corrected chi connectivity index (χ2v) is 4.41. The van der Waals surface area contributed by atoms with Crippen molar-refractivity contribution in [1.82, 2.24) is 0 Å². The van der Waals surface area contributed by atoms with E-state index in [-0.39, 0.29) is 0 Å². The Morgan fingerprint density at radius 1 is 1.23 bits per heavy atom. The van der Waals surface area contributed by atoms with Crippen LogP contribution >= 0.6 is 0 Å². The molecule has 0 N–H and O–H groups in total. The van der Waals surface area contributed by atoms with Crippen LogP contribution in [-0.2, 0) is 0 Å². The summed E-state index contributed by atoms with van der Waals surface area (Å²) in [6.07, 6.45) is 9.80. The summed E-state index contributed by atoms with van der Waals surface area (Å²) in [5.74, 6) is 0. The van der Waals surface area contributed by atoms with E-state index in [2.05, 4.69) is 39.8 Å². The topological polar surface area (TPSA) is 0 Å². The molecule has 0 aromatic rings. The van der Waals surface area contributed by atoms with E-state index in [1.54, 1.807) is 5.57 Å². The summed E-state index contributed by atoms with van der Waals surface area (Å²) in [6.45, 7) is 9.19. The van der Waals surface area contributed by atoms with Crippen molar-refractivity contribution in [3.63, 3.8) is 0 Å². The molecule has 1 atom stereocenters. The molecule has 1 aliphatic rings. The molecule has 0 heterocycles. The fraction of sp³-hybridized carbons (Fsp3) is 0.692. The van der Waals surface area contributed by atoms with Crippen molar-refractivity contribution in [2.45, 2.75) is 53.4 Å². The highest BCUT2D eigenvalue weighted by molar-refractivity contribution is 5.31. The molecule has 0 nitrogen and oxygen atoms in total. The van der Waals surface area contributed by atoms with E-state index < -0.39 is 0 Å². The second kappa shape index (κ2) is 4.13. The summed E-state index contributed by atoms with van der Waals surface area (Å²) < 4.78 is 0. The molecule has 0 bridgehead atoms. The summed E-state index contributed by atoms with van der Waals surface area (Å²) >= 11 is 0. The second-order valence-electron chi connectivity index (χ2n) is 4.41. The minimum absolute atomic E-state index is 0.436. The van der Waals surface area contributed by atoms with Crippen LogP contribution in [0.4, 0.5) is 0 Å². The van der Waals surface area contributed by atoms with Crippen LogP contribution < -0.4 is 0 Å². The van der Waals surface area contributed by atoms with Gasteiger partial charge >= 0.3 is 0 Å². The van der Waals surface area contributed by atoms with Crippen LogP contribution in [0.2, 0.25) is 0 Å². The van der Waals surface area contributed by atoms with E-state index in [4.69, 9.17) is 0 Å². The van der Waals surface area contributed by atoms with Gasteiger partial charge in [-0.2, -0.15) is 0 Å². The molecule has 0 aromatic heterocycles. The van der Waals surface area contributed by atoms with E-state index in [9.17, 15) is 0 Å². The third-order valence-electron chi connectivity index (χ3n) is 3.22. The van der Waals surface area contributed by atoms with Crippen molar-refractivity contribution in [2.75, 3.05) is 0 Å². The van der Waals surface area contributed by atoms with Crippen LogP contribution in [0, 0.1) is 5.41 Å². The van der Waals surface area contributed by atoms with Crippen LogP contribution in [0.15, 0.2) is 23.3 Å². The summed E-state index contributed by atoms with van der Waals surface area (Å²) in [4.78, 5) is 0. The predicted octanol–water partition coefficient (Wildman–Crippen LogP) is 4.48. The minimum atomic E-state index is 0.436. The Kier molecular flexibility index (Phi) is 3.35. The molecule has 0 saturated carbocycles. The van der Waals surface area contributed by atoms with Crippen molar-refractivity contribution < 1.29 is 0 Å². The summed E-state index contributed by atoms with van der Waals surface area (Å²) in [5, 5.41) is 0. The molecule has 0 radical (unpaired) electrons. The third-order valence-corrected chi connectivity index (χ3v) is 3.22. The Labute approximate surface area is 82.7 Å². The molecule has 1 rings (SSSR count). The van der Waals surface area contributed by atoms with Gasteiger partial charge in [0.2, 0.25) is 0 Å². The molecule has 0 spiro atoms. The van der Waals surface area contributed by atoms with Gasteiger partial charge in [0.05, 0.1) is 0 Å². The number of rotatable bonds is 3. The van der Waals surface area contributed by atoms with Gasteiger partial charge in [-0.25, -0.2) is 0 Å². The van der Waals surface area contributed by atoms with Gasteiger partial charge in [-0.1, -0.05) is 51.0 Å². The molecule has 0 aliphatic heterocycles. The van der Waals surface area contributed by atoms with Crippen LogP contribution in [0.5, 0.6) is 0 Å². The van der Waals surface area contributed by atoms with E-state index in [1.165, 1.54) is 31.3 Å². The standard InChI is InChI=1S/C13H22/c1-5-11-8-12(6-2)10-13(4,7-3)9-11/h8-9H,5-7,10H2,1-4H3. The van der Waals surface area contributed by atoms with E-state index in [0.29, 0.717) is 5.41 Å². The van der Waals surface area contributed by atoms with Crippen molar-refractivity contribution in [3.05, 3.63) is 23.3 Å². The van der Waals surface area contributed by atoms with Gasteiger partial charge in [-0.3, -0.25) is 0 Å². The average Bonchev–Trinajstić information content (AvgIpc) is 2.17. The molecule has 1 unspecified atom stereocenters. The third kappa shape index (κ3) is 2.46. The highest BCUT2D eigenvalue weighted by atomic mass is 14.3. The molecule has 0 saturated heterocycles. The smallest absolute Gasteiger partial charge is 0.0106 e. The van der Waals surface area contributed by atoms with Gasteiger partial charge in [0, 0.05) is 0 Å². The molecule has 1 aliphatic carbocycles. The number of hydrogen-bond acceptors (Lipinski definition) is 0. The highest BCUT2D eigenvalue weighted by Gasteiger charge is 2.23. The predicted molar refractivity (Wildman–Crippen MR) is 59.8 cm³/mol. The van der Waals surface area contributed by atoms with Crippen molar-refractivity contribution in [1.29, 1.82) is 0 Å². The monoisotopic (exact) mass is 178 g/mol. The molecule has 0 amide bonds. The molecule has 0 heteroatoms. The molecule has 0 fully saturated rings.